The molecule has 0 aromatic carbocycles. The average Bonchev–Trinajstić information content (AvgIpc) is 2.27. The molecule has 17 heavy (non-hydrogen) atoms. The molecule has 2 atom stereocenters. The van der Waals surface area contributed by atoms with Crippen LogP contribution in [0.4, 0.5) is 0 Å². The molecular formula is C11H17NO5. The number of hydrogen-bond donors (Lipinski definition) is 2. The molecule has 0 aromatic heterocycles. The van der Waals surface area contributed by atoms with Crippen molar-refractivity contribution < 1.29 is 24.6 Å². The van der Waals surface area contributed by atoms with Gasteiger partial charge in [-0.25, -0.2) is 4.79 Å². The van der Waals surface area contributed by atoms with Crippen molar-refractivity contribution in [1.82, 2.24) is 4.90 Å². The topological polar surface area (TPSA) is 94.9 Å². The third-order valence-corrected chi connectivity index (χ3v) is 2.97. The first-order valence-corrected chi connectivity index (χ1v) is 5.68. The summed E-state index contributed by atoms with van der Waals surface area (Å²) >= 11 is 0. The third-order valence-electron chi connectivity index (χ3n) is 2.97. The van der Waals surface area contributed by atoms with E-state index < -0.39 is 23.9 Å². The van der Waals surface area contributed by atoms with E-state index in [2.05, 4.69) is 0 Å². The molecule has 0 bridgehead atoms. The van der Waals surface area contributed by atoms with E-state index in [9.17, 15) is 14.4 Å². The van der Waals surface area contributed by atoms with Crippen LogP contribution in [0, 0.1) is 5.92 Å². The van der Waals surface area contributed by atoms with Crippen LogP contribution in [0.3, 0.4) is 0 Å². The van der Waals surface area contributed by atoms with E-state index in [-0.39, 0.29) is 12.3 Å². The van der Waals surface area contributed by atoms with Crippen LogP contribution in [0.1, 0.15) is 32.6 Å². The second kappa shape index (κ2) is 5.65. The average molecular weight is 243 g/mol. The number of rotatable bonds is 4. The maximum atomic E-state index is 11.9. The lowest BCUT2D eigenvalue weighted by molar-refractivity contribution is -0.154. The Morgan fingerprint density at radius 1 is 1.29 bits per heavy atom. The van der Waals surface area contributed by atoms with Crippen molar-refractivity contribution in [2.24, 2.45) is 5.92 Å². The summed E-state index contributed by atoms with van der Waals surface area (Å²) in [7, 11) is 0. The number of carbonyl (C=O) groups is 3. The predicted molar refractivity (Wildman–Crippen MR) is 58.4 cm³/mol. The first-order chi connectivity index (χ1) is 7.93. The molecule has 0 aliphatic carbocycles. The Morgan fingerprint density at radius 2 is 1.94 bits per heavy atom. The first-order valence-electron chi connectivity index (χ1n) is 5.68. The standard InChI is InChI=1S/C11H17NO5/c1-7(6-9(13)14)10(15)12-5-3-2-4-8(12)11(16)17/h7-8H,2-6H2,1H3,(H,13,14)(H,16,17)/t7?,8-/m0/s1. The van der Waals surface area contributed by atoms with Crippen LogP contribution in [0.25, 0.3) is 0 Å². The fourth-order valence-corrected chi connectivity index (χ4v) is 2.08. The van der Waals surface area contributed by atoms with Gasteiger partial charge in [-0.3, -0.25) is 9.59 Å². The Hall–Kier alpha value is -1.59. The zero-order valence-corrected chi connectivity index (χ0v) is 9.76. The number of likely N-dealkylation sites (tertiary alicyclic amines) is 1. The van der Waals surface area contributed by atoms with E-state index in [0.717, 1.165) is 12.8 Å². The normalized spacial score (nSPS) is 21.9. The molecule has 1 aliphatic rings. The molecule has 96 valence electrons. The summed E-state index contributed by atoms with van der Waals surface area (Å²) in [5, 5.41) is 17.6. The molecule has 6 heteroatoms. The number of carboxylic acid groups (broad SMARTS) is 2. The van der Waals surface area contributed by atoms with Crippen molar-refractivity contribution in [3.8, 4) is 0 Å². The molecular weight excluding hydrogens is 226 g/mol. The van der Waals surface area contributed by atoms with Crippen molar-refractivity contribution >= 4 is 17.8 Å². The highest BCUT2D eigenvalue weighted by Gasteiger charge is 2.34. The summed E-state index contributed by atoms with van der Waals surface area (Å²) in [5.74, 6) is -3.11. The molecule has 1 heterocycles. The molecule has 1 rings (SSSR count). The van der Waals surface area contributed by atoms with Gasteiger partial charge in [0, 0.05) is 12.5 Å². The van der Waals surface area contributed by atoms with Gasteiger partial charge in [-0.1, -0.05) is 6.92 Å². The van der Waals surface area contributed by atoms with Crippen LogP contribution in [-0.4, -0.2) is 45.5 Å². The number of nitrogens with zero attached hydrogens (tertiary/aromatic N) is 1. The predicted octanol–water partition coefficient (Wildman–Crippen LogP) is 0.563. The Bertz CT molecular complexity index is 328. The summed E-state index contributed by atoms with van der Waals surface area (Å²) < 4.78 is 0. The minimum Gasteiger partial charge on any atom is -0.481 e. The Kier molecular flexibility index (Phi) is 4.48. The van der Waals surface area contributed by atoms with Gasteiger partial charge < -0.3 is 15.1 Å². The van der Waals surface area contributed by atoms with Crippen LogP contribution in [0.2, 0.25) is 0 Å². The van der Waals surface area contributed by atoms with Crippen molar-refractivity contribution in [2.75, 3.05) is 6.54 Å². The minimum atomic E-state index is -1.05. The summed E-state index contributed by atoms with van der Waals surface area (Å²) in [6.07, 6.45) is 1.74. The van der Waals surface area contributed by atoms with Gasteiger partial charge in [0.05, 0.1) is 6.42 Å². The van der Waals surface area contributed by atoms with Gasteiger partial charge in [-0.15, -0.1) is 0 Å². The van der Waals surface area contributed by atoms with Gasteiger partial charge >= 0.3 is 11.9 Å². The van der Waals surface area contributed by atoms with E-state index >= 15 is 0 Å². The fourth-order valence-electron chi connectivity index (χ4n) is 2.08. The molecule has 2 N–H and O–H groups in total. The Labute approximate surface area is 99.2 Å². The minimum absolute atomic E-state index is 0.262. The molecule has 0 spiro atoms. The molecule has 0 radical (unpaired) electrons. The number of carbonyl (C=O) groups excluding carboxylic acids is 1. The number of amides is 1. The third kappa shape index (κ3) is 3.44. The van der Waals surface area contributed by atoms with Gasteiger partial charge in [0.15, 0.2) is 0 Å². The highest BCUT2D eigenvalue weighted by atomic mass is 16.4. The molecule has 1 unspecified atom stereocenters. The van der Waals surface area contributed by atoms with Crippen LogP contribution in [0.5, 0.6) is 0 Å². The lowest BCUT2D eigenvalue weighted by Gasteiger charge is -2.34. The quantitative estimate of drug-likeness (QED) is 0.752. The van der Waals surface area contributed by atoms with Crippen molar-refractivity contribution in [2.45, 2.75) is 38.6 Å². The first kappa shape index (κ1) is 13.5. The van der Waals surface area contributed by atoms with Gasteiger partial charge in [-0.05, 0) is 19.3 Å². The number of hydrogen-bond acceptors (Lipinski definition) is 3. The van der Waals surface area contributed by atoms with Gasteiger partial charge in [-0.2, -0.15) is 0 Å². The largest absolute Gasteiger partial charge is 0.481 e. The van der Waals surface area contributed by atoms with Crippen LogP contribution >= 0.6 is 0 Å². The van der Waals surface area contributed by atoms with Gasteiger partial charge in [0.1, 0.15) is 6.04 Å². The molecule has 0 saturated carbocycles. The number of aliphatic carboxylic acids is 2. The molecule has 1 amide bonds. The van der Waals surface area contributed by atoms with E-state index in [0.29, 0.717) is 13.0 Å². The van der Waals surface area contributed by atoms with Crippen molar-refractivity contribution in [1.29, 1.82) is 0 Å². The number of carboxylic acids is 2. The Balaban J connectivity index is 2.70. The number of piperidine rings is 1. The summed E-state index contributed by atoms with van der Waals surface area (Å²) in [6, 6.07) is -0.799. The van der Waals surface area contributed by atoms with Crippen LogP contribution < -0.4 is 0 Å². The second-order valence-corrected chi connectivity index (χ2v) is 4.38. The zero-order valence-electron chi connectivity index (χ0n) is 9.76. The molecule has 1 saturated heterocycles. The molecule has 0 aromatic rings. The Morgan fingerprint density at radius 3 is 2.47 bits per heavy atom. The SMILES string of the molecule is CC(CC(=O)O)C(=O)N1CCCC[C@H]1C(=O)O. The van der Waals surface area contributed by atoms with E-state index in [1.807, 2.05) is 0 Å². The van der Waals surface area contributed by atoms with Gasteiger partial charge in [0.25, 0.3) is 0 Å². The van der Waals surface area contributed by atoms with E-state index in [4.69, 9.17) is 10.2 Å². The van der Waals surface area contributed by atoms with E-state index in [1.165, 1.54) is 11.8 Å². The molecule has 1 aliphatic heterocycles. The second-order valence-electron chi connectivity index (χ2n) is 4.38. The maximum absolute atomic E-state index is 11.9. The molecule has 1 fully saturated rings. The van der Waals surface area contributed by atoms with Crippen molar-refractivity contribution in [3.63, 3.8) is 0 Å². The fraction of sp³-hybridized carbons (Fsp3) is 0.727. The highest BCUT2D eigenvalue weighted by molar-refractivity contribution is 5.87. The molecule has 6 nitrogen and oxygen atoms in total. The lowest BCUT2D eigenvalue weighted by atomic mass is 9.98. The monoisotopic (exact) mass is 243 g/mol. The van der Waals surface area contributed by atoms with Gasteiger partial charge in [0.2, 0.25) is 5.91 Å². The summed E-state index contributed by atoms with van der Waals surface area (Å²) in [5.41, 5.74) is 0. The van der Waals surface area contributed by atoms with Crippen LogP contribution in [-0.2, 0) is 14.4 Å². The highest BCUT2D eigenvalue weighted by Crippen LogP contribution is 2.20. The summed E-state index contributed by atoms with van der Waals surface area (Å²) in [4.78, 5) is 34.8. The smallest absolute Gasteiger partial charge is 0.326 e. The maximum Gasteiger partial charge on any atom is 0.326 e. The zero-order chi connectivity index (χ0) is 13.0. The summed E-state index contributed by atoms with van der Waals surface area (Å²) in [6.45, 7) is 1.92. The van der Waals surface area contributed by atoms with Crippen LogP contribution in [0.15, 0.2) is 0 Å². The lowest BCUT2D eigenvalue weighted by Crippen LogP contribution is -2.50. The van der Waals surface area contributed by atoms with E-state index in [1.54, 1.807) is 0 Å². The van der Waals surface area contributed by atoms with Crippen molar-refractivity contribution in [3.05, 3.63) is 0 Å².